The predicted molar refractivity (Wildman–Crippen MR) is 125 cm³/mol. The number of hydrogen-bond donors (Lipinski definition) is 0. The maximum Gasteiger partial charge on any atom is 3.00 e. The van der Waals surface area contributed by atoms with Crippen LogP contribution in [-0.2, 0) is 26.5 Å². The Kier molecular flexibility index (Phi) is 7.69. The van der Waals surface area contributed by atoms with Crippen molar-refractivity contribution in [1.82, 2.24) is 9.88 Å². The van der Waals surface area contributed by atoms with E-state index in [0.29, 0.717) is 11.3 Å². The second-order valence-corrected chi connectivity index (χ2v) is 7.84. The van der Waals surface area contributed by atoms with E-state index in [0.717, 1.165) is 24.6 Å². The first-order valence-corrected chi connectivity index (χ1v) is 10.8. The first kappa shape index (κ1) is 24.7. The summed E-state index contributed by atoms with van der Waals surface area (Å²) in [5, 5.41) is 4.41. The van der Waals surface area contributed by atoms with Gasteiger partial charge in [-0.2, -0.15) is 41.6 Å². The topological polar surface area (TPSA) is 30.2 Å². The molecule has 0 amide bonds. The quantitative estimate of drug-likeness (QED) is 0.177. The molecule has 3 heterocycles. The minimum absolute atomic E-state index is 0. The van der Waals surface area contributed by atoms with Gasteiger partial charge in [-0.25, -0.2) is 8.78 Å². The summed E-state index contributed by atoms with van der Waals surface area (Å²) in [5.74, 6) is -4.14. The fraction of sp³-hybridized carbons (Fsp3) is 0.107. The molecule has 1 unspecified atom stereocenters. The van der Waals surface area contributed by atoms with Crippen LogP contribution in [0.15, 0.2) is 85.3 Å². The van der Waals surface area contributed by atoms with Gasteiger partial charge in [0.2, 0.25) is 0 Å². The van der Waals surface area contributed by atoms with Crippen LogP contribution in [-0.4, -0.2) is 16.4 Å². The van der Waals surface area contributed by atoms with E-state index in [1.807, 2.05) is 42.6 Å². The van der Waals surface area contributed by atoms with Crippen molar-refractivity contribution in [3.05, 3.63) is 131 Å². The van der Waals surface area contributed by atoms with Crippen LogP contribution in [0.4, 0.5) is 13.2 Å². The maximum atomic E-state index is 13.4. The summed E-state index contributed by atoms with van der Waals surface area (Å²) >= 11 is 0. The minimum atomic E-state index is -1.53. The minimum Gasteiger partial charge on any atom is -0.668 e. The van der Waals surface area contributed by atoms with Crippen molar-refractivity contribution < 1.29 is 33.3 Å². The molecular weight excluding hydrogens is 628 g/mol. The Morgan fingerprint density at radius 3 is 2.63 bits per heavy atom. The number of nitrogens with zero attached hydrogens (tertiary/aromatic N) is 3. The van der Waals surface area contributed by atoms with Crippen LogP contribution < -0.4 is 0 Å². The van der Waals surface area contributed by atoms with Crippen molar-refractivity contribution in [3.63, 3.8) is 0 Å². The van der Waals surface area contributed by atoms with E-state index >= 15 is 0 Å². The van der Waals surface area contributed by atoms with E-state index in [2.05, 4.69) is 45.7 Å². The molecule has 4 aromatic rings. The Bertz CT molecular complexity index is 1320. The van der Waals surface area contributed by atoms with Gasteiger partial charge in [-0.05, 0) is 35.3 Å². The third-order valence-electron chi connectivity index (χ3n) is 5.74. The maximum absolute atomic E-state index is 13.4. The van der Waals surface area contributed by atoms with Gasteiger partial charge in [0.25, 0.3) is 0 Å². The molecule has 0 aliphatic carbocycles. The molecule has 1 atom stereocenters. The van der Waals surface area contributed by atoms with Crippen molar-refractivity contribution in [1.29, 1.82) is 0 Å². The number of pyridine rings is 1. The summed E-state index contributed by atoms with van der Waals surface area (Å²) in [7, 11) is 0. The fourth-order valence-electron chi connectivity index (χ4n) is 4.10. The standard InChI is InChI=1S/C17H9F3N.C11H10N2.Ir/c18-14-9-12(10-15(19)16(14)20)17-13(7-4-8-21-17)11-5-2-1-3-6-11;1-2-4-10-9(3-1)5-7-13-8-6-12-11(10)13;/h1-9H;1-3,6,8,11H,5,7H2;/q-1;-2;+3. The number of benzene rings is 3. The number of aromatic nitrogens is 1. The van der Waals surface area contributed by atoms with E-state index in [1.54, 1.807) is 12.1 Å². The van der Waals surface area contributed by atoms with E-state index < -0.39 is 17.5 Å². The molecule has 0 spiro atoms. The largest absolute Gasteiger partial charge is 3.00 e. The molecule has 2 aliphatic heterocycles. The van der Waals surface area contributed by atoms with Crippen LogP contribution in [0.1, 0.15) is 17.3 Å². The van der Waals surface area contributed by atoms with Crippen molar-refractivity contribution in [2.24, 2.45) is 0 Å². The first-order chi connectivity index (χ1) is 16.6. The molecule has 2 aliphatic rings. The van der Waals surface area contributed by atoms with Gasteiger partial charge >= 0.3 is 20.1 Å². The summed E-state index contributed by atoms with van der Waals surface area (Å²) in [6, 6.07) is 25.4. The monoisotopic (exact) mass is 647 g/mol. The zero-order valence-electron chi connectivity index (χ0n) is 18.4. The molecule has 0 saturated carbocycles. The Balaban J connectivity index is 0.000000177. The second kappa shape index (κ2) is 10.9. The Labute approximate surface area is 215 Å². The average Bonchev–Trinajstić information content (AvgIpc) is 3.38. The fourth-order valence-corrected chi connectivity index (χ4v) is 4.10. The van der Waals surface area contributed by atoms with Crippen molar-refractivity contribution in [2.75, 3.05) is 6.54 Å². The number of halogens is 3. The predicted octanol–water partition coefficient (Wildman–Crippen LogP) is 6.83. The number of fused-ring (bicyclic) bond motifs is 3. The van der Waals surface area contributed by atoms with Gasteiger partial charge in [-0.15, -0.1) is 17.7 Å². The molecule has 0 bridgehead atoms. The summed E-state index contributed by atoms with van der Waals surface area (Å²) in [4.78, 5) is 6.41. The first-order valence-electron chi connectivity index (χ1n) is 10.8. The smallest absolute Gasteiger partial charge is 0.668 e. The molecule has 0 fully saturated rings. The van der Waals surface area contributed by atoms with Gasteiger partial charge in [0.1, 0.15) is 5.82 Å². The third kappa shape index (κ3) is 5.16. The zero-order chi connectivity index (χ0) is 23.5. The van der Waals surface area contributed by atoms with Gasteiger partial charge < -0.3 is 15.2 Å². The molecule has 0 saturated heterocycles. The van der Waals surface area contributed by atoms with Gasteiger partial charge in [0.15, 0.2) is 0 Å². The van der Waals surface area contributed by atoms with Crippen LogP contribution in [0, 0.1) is 29.6 Å². The van der Waals surface area contributed by atoms with E-state index in [-0.39, 0.29) is 31.8 Å². The van der Waals surface area contributed by atoms with Crippen molar-refractivity contribution >= 4 is 0 Å². The number of hydrogen-bond acceptors (Lipinski definition) is 2. The Morgan fingerprint density at radius 1 is 1.00 bits per heavy atom. The second-order valence-electron chi connectivity index (χ2n) is 7.84. The number of rotatable bonds is 2. The molecule has 0 radical (unpaired) electrons. The summed E-state index contributed by atoms with van der Waals surface area (Å²) < 4.78 is 39.8. The molecular formula is C28H19F3IrN3. The van der Waals surface area contributed by atoms with Gasteiger partial charge in [0, 0.05) is 12.7 Å². The molecule has 35 heavy (non-hydrogen) atoms. The van der Waals surface area contributed by atoms with E-state index in [1.165, 1.54) is 17.3 Å². The normalized spacial score (nSPS) is 15.2. The van der Waals surface area contributed by atoms with Gasteiger partial charge in [-0.1, -0.05) is 42.8 Å². The zero-order valence-corrected chi connectivity index (χ0v) is 20.8. The van der Waals surface area contributed by atoms with Crippen molar-refractivity contribution in [3.8, 4) is 22.4 Å². The molecule has 0 N–H and O–H groups in total. The van der Waals surface area contributed by atoms with Crippen LogP contribution in [0.25, 0.3) is 27.7 Å². The summed E-state index contributed by atoms with van der Waals surface area (Å²) in [5.41, 5.74) is 4.61. The molecule has 3 nitrogen and oxygen atoms in total. The summed E-state index contributed by atoms with van der Waals surface area (Å²) in [6.07, 6.45) is 6.79. The van der Waals surface area contributed by atoms with Crippen LogP contribution in [0.2, 0.25) is 0 Å². The van der Waals surface area contributed by atoms with Crippen LogP contribution >= 0.6 is 0 Å². The van der Waals surface area contributed by atoms with Crippen molar-refractivity contribution in [2.45, 2.75) is 12.6 Å². The van der Waals surface area contributed by atoms with Gasteiger partial charge in [-0.3, -0.25) is 4.39 Å². The SMILES string of the molecule is Fc1[c-]c(-c2ncccc2-c2ccccc2)cc(F)c1F.[Ir+3].[c-]1cccc2c1C1[N-]C=CN1CC2. The Hall–Kier alpha value is -3.41. The molecule has 6 rings (SSSR count). The Morgan fingerprint density at radius 2 is 1.83 bits per heavy atom. The molecule has 176 valence electrons. The molecule has 1 aromatic heterocycles. The van der Waals surface area contributed by atoms with Crippen LogP contribution in [0.5, 0.6) is 0 Å². The third-order valence-corrected chi connectivity index (χ3v) is 5.74. The molecule has 3 aromatic carbocycles. The van der Waals surface area contributed by atoms with Crippen LogP contribution in [0.3, 0.4) is 0 Å². The average molecular weight is 647 g/mol. The van der Waals surface area contributed by atoms with E-state index in [9.17, 15) is 13.2 Å². The van der Waals surface area contributed by atoms with Gasteiger partial charge in [0.05, 0.1) is 11.6 Å². The summed E-state index contributed by atoms with van der Waals surface area (Å²) in [6.45, 7) is 1.08. The molecule has 7 heteroatoms. The van der Waals surface area contributed by atoms with E-state index in [4.69, 9.17) is 0 Å².